The zero-order valence-electron chi connectivity index (χ0n) is 16.9. The maximum absolute atomic E-state index is 13.4. The molecule has 0 radical (unpaired) electrons. The average molecular weight is 441 g/mol. The van der Waals surface area contributed by atoms with E-state index in [1.165, 1.54) is 12.1 Å². The average Bonchev–Trinajstić information content (AvgIpc) is 3.29. The monoisotopic (exact) mass is 441 g/mol. The second-order valence-corrected chi connectivity index (χ2v) is 9.47. The molecule has 0 saturated carbocycles. The minimum Gasteiger partial charge on any atom is -0.451 e. The maximum atomic E-state index is 13.4. The first-order valence-electron chi connectivity index (χ1n) is 9.44. The molecule has 9 heteroatoms. The van der Waals surface area contributed by atoms with Gasteiger partial charge in [-0.05, 0) is 23.8 Å². The number of aromatic nitrogens is 2. The van der Waals surface area contributed by atoms with Crippen molar-refractivity contribution in [2.75, 3.05) is 6.26 Å². The van der Waals surface area contributed by atoms with Crippen molar-refractivity contribution >= 4 is 26.7 Å². The molecule has 160 valence electrons. The zero-order chi connectivity index (χ0) is 22.2. The molecule has 0 bridgehead atoms. The fraction of sp³-hybridized carbons (Fsp3) is 0.182. The number of fused-ring (bicyclic) bond motifs is 1. The zero-order valence-corrected chi connectivity index (χ0v) is 17.7. The minimum absolute atomic E-state index is 0.0760. The van der Waals surface area contributed by atoms with Gasteiger partial charge in [0.1, 0.15) is 23.3 Å². The van der Waals surface area contributed by atoms with Crippen LogP contribution in [0.3, 0.4) is 0 Å². The van der Waals surface area contributed by atoms with E-state index in [0.29, 0.717) is 27.9 Å². The van der Waals surface area contributed by atoms with Crippen LogP contribution in [0.25, 0.3) is 11.0 Å². The summed E-state index contributed by atoms with van der Waals surface area (Å²) in [7, 11) is -1.65. The van der Waals surface area contributed by atoms with Gasteiger partial charge in [-0.1, -0.05) is 30.3 Å². The van der Waals surface area contributed by atoms with Crippen LogP contribution in [-0.4, -0.2) is 30.1 Å². The number of benzene rings is 2. The number of sulfone groups is 1. The Balaban J connectivity index is 1.77. The quantitative estimate of drug-likeness (QED) is 0.495. The Morgan fingerprint density at radius 3 is 2.55 bits per heavy atom. The number of halogens is 1. The van der Waals surface area contributed by atoms with Crippen molar-refractivity contribution in [2.24, 2.45) is 7.05 Å². The molecular weight excluding hydrogens is 421 g/mol. The molecule has 0 fully saturated rings. The van der Waals surface area contributed by atoms with Crippen LogP contribution in [0.1, 0.15) is 33.5 Å². The fourth-order valence-electron chi connectivity index (χ4n) is 3.49. The van der Waals surface area contributed by atoms with E-state index >= 15 is 0 Å². The predicted molar refractivity (Wildman–Crippen MR) is 114 cm³/mol. The van der Waals surface area contributed by atoms with Crippen LogP contribution in [0.15, 0.2) is 65.3 Å². The van der Waals surface area contributed by atoms with Gasteiger partial charge in [-0.3, -0.25) is 4.79 Å². The molecule has 2 aromatic carbocycles. The van der Waals surface area contributed by atoms with Crippen molar-refractivity contribution in [2.45, 2.75) is 11.8 Å². The van der Waals surface area contributed by atoms with Gasteiger partial charge in [0.25, 0.3) is 5.91 Å². The Hall–Kier alpha value is -3.46. The number of para-hydroxylation sites is 1. The van der Waals surface area contributed by atoms with E-state index in [2.05, 4.69) is 10.3 Å². The molecule has 4 aromatic rings. The SMILES string of the molecule is Cn1ccnc1C(NC(=O)c1oc2ccccc2c1CS(C)(=O)=O)c1ccc(F)cc1. The molecule has 4 rings (SSSR count). The van der Waals surface area contributed by atoms with Crippen molar-refractivity contribution in [3.63, 3.8) is 0 Å². The Bertz CT molecular complexity index is 1360. The van der Waals surface area contributed by atoms with Crippen LogP contribution in [0.5, 0.6) is 0 Å². The molecule has 0 aliphatic rings. The second-order valence-electron chi connectivity index (χ2n) is 7.33. The largest absolute Gasteiger partial charge is 0.451 e. The molecule has 1 unspecified atom stereocenters. The van der Waals surface area contributed by atoms with Gasteiger partial charge in [-0.15, -0.1) is 0 Å². The highest BCUT2D eigenvalue weighted by atomic mass is 32.2. The normalized spacial score (nSPS) is 12.7. The Kier molecular flexibility index (Phi) is 5.36. The number of nitrogens with zero attached hydrogens (tertiary/aromatic N) is 2. The first-order valence-corrected chi connectivity index (χ1v) is 11.5. The molecule has 0 spiro atoms. The predicted octanol–water partition coefficient (Wildman–Crippen LogP) is 3.37. The highest BCUT2D eigenvalue weighted by molar-refractivity contribution is 7.89. The summed E-state index contributed by atoms with van der Waals surface area (Å²) in [5, 5.41) is 3.43. The van der Waals surface area contributed by atoms with Crippen LogP contribution in [-0.2, 0) is 22.6 Å². The van der Waals surface area contributed by atoms with Crippen LogP contribution >= 0.6 is 0 Å². The minimum atomic E-state index is -3.43. The summed E-state index contributed by atoms with van der Waals surface area (Å²) in [5.41, 5.74) is 1.33. The number of furan rings is 1. The molecule has 0 saturated heterocycles. The Morgan fingerprint density at radius 1 is 1.19 bits per heavy atom. The maximum Gasteiger partial charge on any atom is 0.288 e. The number of aryl methyl sites for hydroxylation is 1. The highest BCUT2D eigenvalue weighted by Gasteiger charge is 2.27. The molecule has 0 aliphatic heterocycles. The van der Waals surface area contributed by atoms with Gasteiger partial charge in [0, 0.05) is 36.6 Å². The van der Waals surface area contributed by atoms with E-state index in [1.807, 2.05) is 0 Å². The molecule has 1 atom stereocenters. The standard InChI is InChI=1S/C22H20FN3O4S/c1-26-12-11-24-21(26)19(14-7-9-15(23)10-8-14)25-22(27)20-17(13-31(2,28)29)16-5-3-4-6-18(16)30-20/h3-12,19H,13H2,1-2H3,(H,25,27). The van der Waals surface area contributed by atoms with Gasteiger partial charge in [-0.25, -0.2) is 17.8 Å². The number of carbonyl (C=O) groups is 1. The third-order valence-electron chi connectivity index (χ3n) is 4.91. The molecule has 2 aromatic heterocycles. The van der Waals surface area contributed by atoms with Crippen LogP contribution in [0.4, 0.5) is 4.39 Å². The van der Waals surface area contributed by atoms with E-state index in [-0.39, 0.29) is 11.5 Å². The third-order valence-corrected chi connectivity index (χ3v) is 5.72. The summed E-state index contributed by atoms with van der Waals surface area (Å²) in [5.74, 6) is -0.877. The van der Waals surface area contributed by atoms with Gasteiger partial charge in [0.05, 0.1) is 5.75 Å². The van der Waals surface area contributed by atoms with E-state index < -0.39 is 27.6 Å². The molecule has 1 N–H and O–H groups in total. The molecule has 1 amide bonds. The number of carbonyl (C=O) groups excluding carboxylic acids is 1. The summed E-state index contributed by atoms with van der Waals surface area (Å²) in [6.07, 6.45) is 4.42. The van der Waals surface area contributed by atoms with Gasteiger partial charge in [-0.2, -0.15) is 0 Å². The van der Waals surface area contributed by atoms with Gasteiger partial charge in [0.2, 0.25) is 0 Å². The van der Waals surface area contributed by atoms with Crippen LogP contribution in [0, 0.1) is 5.82 Å². The smallest absolute Gasteiger partial charge is 0.288 e. The van der Waals surface area contributed by atoms with Crippen LogP contribution < -0.4 is 5.32 Å². The van der Waals surface area contributed by atoms with Crippen molar-refractivity contribution in [1.29, 1.82) is 0 Å². The van der Waals surface area contributed by atoms with Gasteiger partial charge >= 0.3 is 0 Å². The number of imidazole rings is 1. The van der Waals surface area contributed by atoms with Crippen molar-refractivity contribution < 1.29 is 22.0 Å². The topological polar surface area (TPSA) is 94.2 Å². The van der Waals surface area contributed by atoms with E-state index in [4.69, 9.17) is 4.42 Å². The van der Waals surface area contributed by atoms with Crippen molar-refractivity contribution in [3.05, 3.63) is 89.5 Å². The lowest BCUT2D eigenvalue weighted by Gasteiger charge is -2.19. The first kappa shape index (κ1) is 20.8. The van der Waals surface area contributed by atoms with Crippen molar-refractivity contribution in [3.8, 4) is 0 Å². The number of nitrogens with one attached hydrogen (secondary N) is 1. The molecule has 2 heterocycles. The first-order chi connectivity index (χ1) is 14.7. The lowest BCUT2D eigenvalue weighted by molar-refractivity contribution is 0.0914. The second kappa shape index (κ2) is 7.99. The summed E-state index contributed by atoms with van der Waals surface area (Å²) in [4.78, 5) is 17.6. The molecule has 7 nitrogen and oxygen atoms in total. The number of amides is 1. The van der Waals surface area contributed by atoms with Crippen LogP contribution in [0.2, 0.25) is 0 Å². The third kappa shape index (κ3) is 4.36. The Labute approximate surface area is 178 Å². The summed E-state index contributed by atoms with van der Waals surface area (Å²) >= 11 is 0. The van der Waals surface area contributed by atoms with E-state index in [1.54, 1.807) is 60.4 Å². The highest BCUT2D eigenvalue weighted by Crippen LogP contribution is 2.29. The summed E-state index contributed by atoms with van der Waals surface area (Å²) < 4.78 is 44.9. The molecule has 31 heavy (non-hydrogen) atoms. The summed E-state index contributed by atoms with van der Waals surface area (Å²) in [6.45, 7) is 0. The van der Waals surface area contributed by atoms with Gasteiger partial charge in [0.15, 0.2) is 15.6 Å². The van der Waals surface area contributed by atoms with E-state index in [9.17, 15) is 17.6 Å². The van der Waals surface area contributed by atoms with Gasteiger partial charge < -0.3 is 14.3 Å². The van der Waals surface area contributed by atoms with E-state index in [0.717, 1.165) is 6.26 Å². The molecule has 0 aliphatic carbocycles. The lowest BCUT2D eigenvalue weighted by atomic mass is 10.1. The fourth-order valence-corrected chi connectivity index (χ4v) is 4.30. The lowest BCUT2D eigenvalue weighted by Crippen LogP contribution is -2.31. The van der Waals surface area contributed by atoms with Crippen molar-refractivity contribution in [1.82, 2.24) is 14.9 Å². The molecular formula is C22H20FN3O4S. The summed E-state index contributed by atoms with van der Waals surface area (Å²) in [6, 6.07) is 11.9. The Morgan fingerprint density at radius 2 is 1.90 bits per heavy atom. The number of rotatable bonds is 6. The number of hydrogen-bond acceptors (Lipinski definition) is 5. The number of hydrogen-bond donors (Lipinski definition) is 1.